The van der Waals surface area contributed by atoms with Crippen LogP contribution in [0.25, 0.3) is 26.3 Å². The topological polar surface area (TPSA) is 44.1 Å². The molecule has 4 aromatic rings. The van der Waals surface area contributed by atoms with Gasteiger partial charge in [0, 0.05) is 10.6 Å². The van der Waals surface area contributed by atoms with Gasteiger partial charge in [0.15, 0.2) is 5.16 Å². The Morgan fingerprint density at radius 1 is 1.06 bits per heavy atom. The molecule has 0 spiro atoms. The average Bonchev–Trinajstić information content (AvgIpc) is 3.23. The van der Waals surface area contributed by atoms with E-state index in [1.165, 1.54) is 35.3 Å². The maximum absolute atomic E-state index is 14.1. The molecule has 1 aliphatic carbocycles. The molecule has 2 aromatic carbocycles. The third kappa shape index (κ3) is 4.11. The Bertz CT molecular complexity index is 1360. The maximum Gasteiger partial charge on any atom is 0.267 e. The first kappa shape index (κ1) is 22.2. The Morgan fingerprint density at radius 2 is 1.88 bits per heavy atom. The fraction of sp³-hybridized carbons (Fsp3) is 0.333. The van der Waals surface area contributed by atoms with Crippen LogP contribution in [0.2, 0.25) is 0 Å². The van der Waals surface area contributed by atoms with Gasteiger partial charge in [0.25, 0.3) is 5.56 Å². The second-order valence-electron chi connectivity index (χ2n) is 8.36. The SMILES string of the molecule is CCCCCCSc1nc2sc3c(c2c(=O)n1-c1ccccc1OC)CCc1ccccc1-3. The first-order valence-electron chi connectivity index (χ1n) is 11.7. The molecule has 0 fully saturated rings. The smallest absolute Gasteiger partial charge is 0.267 e. The number of aryl methyl sites for hydroxylation is 2. The number of hydrogen-bond acceptors (Lipinski definition) is 5. The van der Waals surface area contributed by atoms with Crippen molar-refractivity contribution in [1.29, 1.82) is 0 Å². The minimum absolute atomic E-state index is 0.0115. The second kappa shape index (κ2) is 9.74. The van der Waals surface area contributed by atoms with Gasteiger partial charge in [-0.25, -0.2) is 4.98 Å². The maximum atomic E-state index is 14.1. The van der Waals surface area contributed by atoms with E-state index in [0.29, 0.717) is 5.75 Å². The molecule has 0 aliphatic heterocycles. The van der Waals surface area contributed by atoms with E-state index in [1.54, 1.807) is 34.8 Å². The molecule has 4 nitrogen and oxygen atoms in total. The number of ether oxygens (including phenoxy) is 1. The number of para-hydroxylation sites is 2. The molecule has 0 atom stereocenters. The summed E-state index contributed by atoms with van der Waals surface area (Å²) in [5, 5.41) is 1.52. The van der Waals surface area contributed by atoms with Crippen LogP contribution in [0.1, 0.15) is 43.7 Å². The summed E-state index contributed by atoms with van der Waals surface area (Å²) in [6.07, 6.45) is 6.60. The second-order valence-corrected chi connectivity index (χ2v) is 10.4. The number of rotatable bonds is 8. The molecule has 0 saturated heterocycles. The minimum Gasteiger partial charge on any atom is -0.495 e. The minimum atomic E-state index is 0.0115. The number of nitrogens with zero attached hydrogens (tertiary/aromatic N) is 2. The van der Waals surface area contributed by atoms with Crippen molar-refractivity contribution in [2.75, 3.05) is 12.9 Å². The summed E-state index contributed by atoms with van der Waals surface area (Å²) < 4.78 is 7.40. The van der Waals surface area contributed by atoms with Crippen molar-refractivity contribution in [2.45, 2.75) is 50.6 Å². The van der Waals surface area contributed by atoms with E-state index < -0.39 is 0 Å². The largest absolute Gasteiger partial charge is 0.495 e. The normalized spacial score (nSPS) is 12.5. The number of unbranched alkanes of at least 4 members (excludes halogenated alkanes) is 3. The van der Waals surface area contributed by atoms with Crippen LogP contribution >= 0.6 is 23.1 Å². The molecule has 170 valence electrons. The zero-order valence-corrected chi connectivity index (χ0v) is 20.7. The third-order valence-electron chi connectivity index (χ3n) is 6.26. The van der Waals surface area contributed by atoms with E-state index in [2.05, 4.69) is 31.2 Å². The monoisotopic (exact) mass is 476 g/mol. The number of benzene rings is 2. The van der Waals surface area contributed by atoms with Crippen LogP contribution in [0.5, 0.6) is 5.75 Å². The Kier molecular flexibility index (Phi) is 6.56. The van der Waals surface area contributed by atoms with Crippen molar-refractivity contribution in [1.82, 2.24) is 9.55 Å². The zero-order chi connectivity index (χ0) is 22.8. The number of fused-ring (bicyclic) bond motifs is 5. The van der Waals surface area contributed by atoms with E-state index in [-0.39, 0.29) is 5.56 Å². The highest BCUT2D eigenvalue weighted by atomic mass is 32.2. The van der Waals surface area contributed by atoms with Crippen LogP contribution in [-0.4, -0.2) is 22.4 Å². The van der Waals surface area contributed by atoms with E-state index in [1.807, 2.05) is 24.3 Å². The van der Waals surface area contributed by atoms with Gasteiger partial charge >= 0.3 is 0 Å². The Labute approximate surface area is 202 Å². The highest BCUT2D eigenvalue weighted by Crippen LogP contribution is 2.43. The highest BCUT2D eigenvalue weighted by Gasteiger charge is 2.26. The molecule has 0 unspecified atom stereocenters. The van der Waals surface area contributed by atoms with Gasteiger partial charge in [-0.1, -0.05) is 74.3 Å². The van der Waals surface area contributed by atoms with Gasteiger partial charge in [0.1, 0.15) is 10.6 Å². The number of methoxy groups -OCH3 is 1. The van der Waals surface area contributed by atoms with Gasteiger partial charge in [-0.15, -0.1) is 11.3 Å². The molecule has 5 rings (SSSR count). The average molecular weight is 477 g/mol. The summed E-state index contributed by atoms with van der Waals surface area (Å²) in [7, 11) is 1.65. The molecule has 2 aromatic heterocycles. The molecule has 0 saturated carbocycles. The lowest BCUT2D eigenvalue weighted by atomic mass is 9.90. The van der Waals surface area contributed by atoms with Gasteiger partial charge in [0.05, 0.1) is 18.2 Å². The van der Waals surface area contributed by atoms with Crippen molar-refractivity contribution < 1.29 is 4.74 Å². The lowest BCUT2D eigenvalue weighted by Crippen LogP contribution is -2.23. The van der Waals surface area contributed by atoms with Crippen LogP contribution in [0.4, 0.5) is 0 Å². The van der Waals surface area contributed by atoms with Gasteiger partial charge in [-0.3, -0.25) is 9.36 Å². The van der Waals surface area contributed by atoms with Crippen molar-refractivity contribution in [3.05, 3.63) is 70.0 Å². The van der Waals surface area contributed by atoms with Gasteiger partial charge in [-0.05, 0) is 48.1 Å². The third-order valence-corrected chi connectivity index (χ3v) is 8.44. The number of thiophene rings is 1. The molecule has 2 heterocycles. The molecule has 0 bridgehead atoms. The predicted molar refractivity (Wildman–Crippen MR) is 139 cm³/mol. The Hall–Kier alpha value is -2.57. The summed E-state index contributed by atoms with van der Waals surface area (Å²) >= 11 is 3.34. The molecule has 6 heteroatoms. The quantitative estimate of drug-likeness (QED) is 0.158. The Morgan fingerprint density at radius 3 is 2.73 bits per heavy atom. The van der Waals surface area contributed by atoms with E-state index >= 15 is 0 Å². The number of hydrogen-bond donors (Lipinski definition) is 0. The van der Waals surface area contributed by atoms with Crippen LogP contribution in [0, 0.1) is 0 Å². The summed E-state index contributed by atoms with van der Waals surface area (Å²) in [6.45, 7) is 2.22. The van der Waals surface area contributed by atoms with Gasteiger partial charge in [0.2, 0.25) is 0 Å². The number of aromatic nitrogens is 2. The fourth-order valence-corrected chi connectivity index (χ4v) is 6.91. The molecule has 1 aliphatic rings. The van der Waals surface area contributed by atoms with Crippen molar-refractivity contribution in [2.24, 2.45) is 0 Å². The van der Waals surface area contributed by atoms with E-state index in [4.69, 9.17) is 9.72 Å². The summed E-state index contributed by atoms with van der Waals surface area (Å²) in [6, 6.07) is 16.3. The van der Waals surface area contributed by atoms with Gasteiger partial charge < -0.3 is 4.74 Å². The number of thioether (sulfide) groups is 1. The van der Waals surface area contributed by atoms with Crippen LogP contribution < -0.4 is 10.3 Å². The van der Waals surface area contributed by atoms with Crippen molar-refractivity contribution in [3.63, 3.8) is 0 Å². The molecular formula is C27H28N2O2S2. The lowest BCUT2D eigenvalue weighted by molar-refractivity contribution is 0.411. The molecule has 0 N–H and O–H groups in total. The van der Waals surface area contributed by atoms with Crippen molar-refractivity contribution in [3.8, 4) is 21.9 Å². The van der Waals surface area contributed by atoms with Crippen molar-refractivity contribution >= 4 is 33.3 Å². The predicted octanol–water partition coefficient (Wildman–Crippen LogP) is 6.89. The first-order chi connectivity index (χ1) is 16.2. The fourth-order valence-electron chi connectivity index (χ4n) is 4.58. The molecular weight excluding hydrogens is 448 g/mol. The summed E-state index contributed by atoms with van der Waals surface area (Å²) in [4.78, 5) is 21.2. The molecule has 0 radical (unpaired) electrons. The Balaban J connectivity index is 1.69. The van der Waals surface area contributed by atoms with Crippen LogP contribution in [0.3, 0.4) is 0 Å². The molecule has 33 heavy (non-hydrogen) atoms. The van der Waals surface area contributed by atoms with E-state index in [0.717, 1.165) is 51.6 Å². The van der Waals surface area contributed by atoms with E-state index in [9.17, 15) is 4.79 Å². The molecule has 0 amide bonds. The van der Waals surface area contributed by atoms with Gasteiger partial charge in [-0.2, -0.15) is 0 Å². The highest BCUT2D eigenvalue weighted by molar-refractivity contribution is 7.99. The summed E-state index contributed by atoms with van der Waals surface area (Å²) in [5.41, 5.74) is 4.52. The van der Waals surface area contributed by atoms with Crippen LogP contribution in [0.15, 0.2) is 58.5 Å². The lowest BCUT2D eigenvalue weighted by Gasteiger charge is -2.17. The summed E-state index contributed by atoms with van der Waals surface area (Å²) in [5.74, 6) is 1.63. The zero-order valence-electron chi connectivity index (χ0n) is 19.1. The van der Waals surface area contributed by atoms with Crippen LogP contribution in [-0.2, 0) is 12.8 Å². The standard InChI is InChI=1S/C27H28N2O2S2/c1-3-4-5-10-17-32-27-28-25-23(26(30)29(27)21-13-8-9-14-22(21)31-2)20-16-15-18-11-6-7-12-19(18)24(20)33-25/h6-9,11-14H,3-5,10,15-17H2,1-2H3. The first-order valence-corrected chi connectivity index (χ1v) is 13.5.